The fraction of sp³-hybridized carbons (Fsp3) is 0.455. The number of alkyl carbamates (subject to hydrolysis) is 1. The summed E-state index contributed by atoms with van der Waals surface area (Å²) >= 11 is 0. The molecule has 340 valence electrons. The van der Waals surface area contributed by atoms with Crippen molar-refractivity contribution in [1.29, 1.82) is 0 Å². The number of nitrogens with one attached hydrogen (secondary N) is 5. The molecule has 5 N–H and O–H groups in total. The molecule has 63 heavy (non-hydrogen) atoms. The lowest BCUT2D eigenvalue weighted by Crippen LogP contribution is -2.48. The number of aromatic amines is 1. The third kappa shape index (κ3) is 16.4. The molecule has 0 saturated heterocycles. The summed E-state index contributed by atoms with van der Waals surface area (Å²) in [5.41, 5.74) is 5.19. The van der Waals surface area contributed by atoms with Gasteiger partial charge in [-0.05, 0) is 123 Å². The van der Waals surface area contributed by atoms with Crippen LogP contribution in [-0.4, -0.2) is 113 Å². The largest absolute Gasteiger partial charge is 0.542 e. The summed E-state index contributed by atoms with van der Waals surface area (Å²) in [7, 11) is 6.27. The van der Waals surface area contributed by atoms with Crippen LogP contribution in [0.2, 0.25) is 0 Å². The van der Waals surface area contributed by atoms with E-state index in [0.717, 1.165) is 51.7 Å². The van der Waals surface area contributed by atoms with Gasteiger partial charge in [0.25, 0.3) is 5.91 Å². The zero-order valence-corrected chi connectivity index (χ0v) is 36.5. The summed E-state index contributed by atoms with van der Waals surface area (Å²) in [5, 5.41) is 34.7. The highest BCUT2D eigenvalue weighted by Gasteiger charge is 2.31. The standard InChI is InChI=1S/C42H55N9O5.C2HF3O2/c1-27-24-33(38(52)43-22-23-51(5,6)7)18-21-35(27)30-12-8-28(9-13-30)25-36(40(54)45-34-19-16-31(17-20-34)37-47-49-50-48-37)46-39(53)32-14-10-29(11-15-32)26-44-41(55)56-42(2,3)4;3-2(4,5)1(6)7/h8-9,12-13,16-21,24,29,32,36H,10-11,14-15,22-23,25-26H2,1-7H3,(H4-,43,44,45,46,47,48,49,50,52,53,54,55);(H,6,7)/t29?,32?,36-;/m0./s1. The van der Waals surface area contributed by atoms with E-state index in [1.165, 1.54) is 0 Å². The number of hydrogen-bond donors (Lipinski definition) is 5. The Balaban J connectivity index is 0.00000115. The van der Waals surface area contributed by atoms with Gasteiger partial charge >= 0.3 is 12.3 Å². The van der Waals surface area contributed by atoms with Crippen molar-refractivity contribution in [2.75, 3.05) is 46.1 Å². The van der Waals surface area contributed by atoms with E-state index in [-0.39, 0.29) is 36.0 Å². The molecule has 1 aromatic heterocycles. The van der Waals surface area contributed by atoms with Gasteiger partial charge < -0.3 is 40.4 Å². The van der Waals surface area contributed by atoms with Crippen molar-refractivity contribution in [3.05, 3.63) is 83.4 Å². The number of quaternary nitrogens is 1. The number of halogens is 3. The minimum atomic E-state index is -5.19. The van der Waals surface area contributed by atoms with Crippen LogP contribution >= 0.6 is 0 Å². The van der Waals surface area contributed by atoms with Crippen molar-refractivity contribution in [1.82, 2.24) is 36.6 Å². The second-order valence-corrected chi connectivity index (χ2v) is 17.4. The molecule has 0 radical (unpaired) electrons. The molecule has 5 rings (SSSR count). The van der Waals surface area contributed by atoms with Gasteiger partial charge in [-0.15, -0.1) is 10.2 Å². The van der Waals surface area contributed by atoms with Crippen LogP contribution in [0.25, 0.3) is 22.5 Å². The maximum atomic E-state index is 13.8. The number of hydrogen-bond acceptors (Lipinski definition) is 10. The minimum absolute atomic E-state index is 0.0963. The topological polar surface area (TPSA) is 220 Å². The predicted octanol–water partition coefficient (Wildman–Crippen LogP) is 4.57. The van der Waals surface area contributed by atoms with Crippen LogP contribution in [0.1, 0.15) is 67.9 Å². The summed E-state index contributed by atoms with van der Waals surface area (Å²) in [6, 6.07) is 19.9. The first kappa shape index (κ1) is 49.3. The van der Waals surface area contributed by atoms with E-state index in [1.54, 1.807) is 24.3 Å². The Morgan fingerprint density at radius 2 is 1.51 bits per heavy atom. The number of carboxylic acids is 1. The number of benzene rings is 3. The SMILES string of the molecule is Cc1cc(C(=O)NCC[N+](C)(C)C)ccc1-c1ccc(C[C@H](NC(=O)C2CCC(CNC(=O)OC(C)(C)C)CC2)C(=O)Nc2ccc(-c3nn[nH]n3)cc2)cc1.O=C([O-])C(F)(F)F. The van der Waals surface area contributed by atoms with Crippen LogP contribution in [0.15, 0.2) is 66.7 Å². The number of amides is 4. The number of nitrogens with zero attached hydrogens (tertiary/aromatic N) is 4. The lowest BCUT2D eigenvalue weighted by Gasteiger charge is -2.29. The fourth-order valence-corrected chi connectivity index (χ4v) is 6.68. The predicted molar refractivity (Wildman–Crippen MR) is 226 cm³/mol. The van der Waals surface area contributed by atoms with Gasteiger partial charge in [0.15, 0.2) is 0 Å². The number of carbonyl (C=O) groups excluding carboxylic acids is 5. The first-order chi connectivity index (χ1) is 29.5. The van der Waals surface area contributed by atoms with Gasteiger partial charge in [0, 0.05) is 35.7 Å². The van der Waals surface area contributed by atoms with E-state index >= 15 is 0 Å². The molecule has 0 aliphatic heterocycles. The Hall–Kier alpha value is -6.37. The van der Waals surface area contributed by atoms with Crippen LogP contribution in [0.3, 0.4) is 0 Å². The van der Waals surface area contributed by atoms with Crippen molar-refractivity contribution in [2.45, 2.75) is 77.6 Å². The average Bonchev–Trinajstić information content (AvgIpc) is 3.75. The Kier molecular flexibility index (Phi) is 16.9. The highest BCUT2D eigenvalue weighted by atomic mass is 19.4. The Morgan fingerprint density at radius 3 is 2.05 bits per heavy atom. The van der Waals surface area contributed by atoms with Crippen molar-refractivity contribution < 1.29 is 51.5 Å². The van der Waals surface area contributed by atoms with E-state index < -0.39 is 29.9 Å². The second kappa shape index (κ2) is 21.6. The molecule has 1 atom stereocenters. The van der Waals surface area contributed by atoms with Crippen molar-refractivity contribution in [3.8, 4) is 22.5 Å². The molecular formula is C44H56F3N9O7. The summed E-state index contributed by atoms with van der Waals surface area (Å²) in [5.74, 6) is -3.16. The molecule has 0 bridgehead atoms. The zero-order chi connectivity index (χ0) is 46.5. The van der Waals surface area contributed by atoms with E-state index in [0.29, 0.717) is 43.0 Å². The van der Waals surface area contributed by atoms with Crippen LogP contribution in [0, 0.1) is 18.8 Å². The summed E-state index contributed by atoms with van der Waals surface area (Å²) < 4.78 is 37.7. The summed E-state index contributed by atoms with van der Waals surface area (Å²) in [6.07, 6.45) is -2.49. The Labute approximate surface area is 364 Å². The number of ether oxygens (including phenoxy) is 1. The quantitative estimate of drug-likeness (QED) is 0.111. The molecule has 16 nitrogen and oxygen atoms in total. The van der Waals surface area contributed by atoms with Crippen LogP contribution in [0.5, 0.6) is 0 Å². The fourth-order valence-electron chi connectivity index (χ4n) is 6.68. The van der Waals surface area contributed by atoms with Gasteiger partial charge in [-0.2, -0.15) is 18.4 Å². The van der Waals surface area contributed by atoms with E-state index in [2.05, 4.69) is 63.0 Å². The number of rotatable bonds is 14. The van der Waals surface area contributed by atoms with Gasteiger partial charge in [0.1, 0.15) is 17.6 Å². The molecule has 1 heterocycles. The number of likely N-dealkylation sites (N-methyl/N-ethyl adjacent to an activating group) is 1. The monoisotopic (exact) mass is 879 g/mol. The van der Waals surface area contributed by atoms with Gasteiger partial charge in [-0.1, -0.05) is 30.3 Å². The van der Waals surface area contributed by atoms with Crippen molar-refractivity contribution in [3.63, 3.8) is 0 Å². The molecule has 1 aliphatic rings. The number of carbonyl (C=O) groups is 5. The average molecular weight is 880 g/mol. The third-order valence-corrected chi connectivity index (χ3v) is 10.0. The molecule has 19 heteroatoms. The van der Waals surface area contributed by atoms with Crippen LogP contribution < -0.4 is 26.4 Å². The number of aliphatic carboxylic acids is 1. The number of tetrazole rings is 1. The third-order valence-electron chi connectivity index (χ3n) is 10.0. The highest BCUT2D eigenvalue weighted by Crippen LogP contribution is 2.30. The van der Waals surface area contributed by atoms with E-state index in [1.807, 2.05) is 70.2 Å². The number of alkyl halides is 3. The van der Waals surface area contributed by atoms with Crippen LogP contribution in [-0.2, 0) is 25.5 Å². The second-order valence-electron chi connectivity index (χ2n) is 17.4. The smallest absolute Gasteiger partial charge is 0.430 e. The molecule has 1 saturated carbocycles. The lowest BCUT2D eigenvalue weighted by molar-refractivity contribution is -0.869. The number of aryl methyl sites for hydroxylation is 1. The lowest BCUT2D eigenvalue weighted by atomic mass is 9.81. The first-order valence-corrected chi connectivity index (χ1v) is 20.5. The molecule has 4 aromatic rings. The highest BCUT2D eigenvalue weighted by molar-refractivity contribution is 5.98. The van der Waals surface area contributed by atoms with Gasteiger partial charge in [-0.3, -0.25) is 14.4 Å². The van der Waals surface area contributed by atoms with Crippen LogP contribution in [0.4, 0.5) is 23.7 Å². The normalized spacial score (nSPS) is 15.8. The molecular weight excluding hydrogens is 824 g/mol. The maximum absolute atomic E-state index is 13.8. The minimum Gasteiger partial charge on any atom is -0.542 e. The van der Waals surface area contributed by atoms with Crippen molar-refractivity contribution in [2.24, 2.45) is 11.8 Å². The molecule has 1 fully saturated rings. The Bertz CT molecular complexity index is 2160. The maximum Gasteiger partial charge on any atom is 0.430 e. The summed E-state index contributed by atoms with van der Waals surface area (Å²) in [4.78, 5) is 61.2. The summed E-state index contributed by atoms with van der Waals surface area (Å²) in [6.45, 7) is 9.38. The van der Waals surface area contributed by atoms with Gasteiger partial charge in [0.05, 0.1) is 34.2 Å². The van der Waals surface area contributed by atoms with E-state index in [9.17, 15) is 32.3 Å². The van der Waals surface area contributed by atoms with E-state index in [4.69, 9.17) is 14.6 Å². The van der Waals surface area contributed by atoms with Crippen molar-refractivity contribution >= 4 is 35.5 Å². The zero-order valence-electron chi connectivity index (χ0n) is 36.5. The molecule has 1 aliphatic carbocycles. The van der Waals surface area contributed by atoms with Gasteiger partial charge in [0.2, 0.25) is 17.6 Å². The molecule has 0 spiro atoms. The molecule has 3 aromatic carbocycles. The number of H-pyrrole nitrogens is 1. The number of anilines is 1. The first-order valence-electron chi connectivity index (χ1n) is 20.5. The molecule has 0 unspecified atom stereocenters. The number of carboxylic acid groups (broad SMARTS) is 1. The molecule has 4 amide bonds. The van der Waals surface area contributed by atoms with Gasteiger partial charge in [-0.25, -0.2) is 4.79 Å². The number of aromatic nitrogens is 4. The Morgan fingerprint density at radius 1 is 0.889 bits per heavy atom.